The molecule has 4 N–H and O–H groups in total. The number of carbonyl (C=O) groups is 4. The van der Waals surface area contributed by atoms with E-state index in [0.717, 1.165) is 51.7 Å². The van der Waals surface area contributed by atoms with E-state index in [1.165, 1.54) is 12.8 Å². The van der Waals surface area contributed by atoms with Crippen molar-refractivity contribution in [3.05, 3.63) is 29.8 Å². The Bertz CT molecular complexity index is 1080. The van der Waals surface area contributed by atoms with Crippen LogP contribution in [0, 0.1) is 5.92 Å². The van der Waals surface area contributed by atoms with Gasteiger partial charge in [0.1, 0.15) is 23.9 Å². The van der Waals surface area contributed by atoms with Gasteiger partial charge in [-0.3, -0.25) is 19.2 Å². The molecule has 2 atom stereocenters. The van der Waals surface area contributed by atoms with Crippen molar-refractivity contribution in [1.82, 2.24) is 26.2 Å². The molecule has 1 aromatic rings. The Morgan fingerprint density at radius 2 is 1.76 bits per heavy atom. The molecule has 1 aromatic carbocycles. The maximum atomic E-state index is 13.7. The van der Waals surface area contributed by atoms with E-state index in [-0.39, 0.29) is 49.1 Å². The van der Waals surface area contributed by atoms with Crippen molar-refractivity contribution in [1.29, 1.82) is 0 Å². The van der Waals surface area contributed by atoms with Crippen molar-refractivity contribution in [3.8, 4) is 5.75 Å². The van der Waals surface area contributed by atoms with Crippen LogP contribution in [0.25, 0.3) is 0 Å². The van der Waals surface area contributed by atoms with Gasteiger partial charge in [0.25, 0.3) is 5.91 Å². The lowest BCUT2D eigenvalue weighted by atomic mass is 9.80. The van der Waals surface area contributed by atoms with Gasteiger partial charge in [-0.2, -0.15) is 0 Å². The van der Waals surface area contributed by atoms with Crippen LogP contribution in [0.4, 0.5) is 0 Å². The van der Waals surface area contributed by atoms with E-state index in [1.807, 2.05) is 13.8 Å². The molecule has 10 heteroatoms. The van der Waals surface area contributed by atoms with Gasteiger partial charge in [0.05, 0.1) is 11.6 Å². The van der Waals surface area contributed by atoms with Crippen molar-refractivity contribution in [3.63, 3.8) is 0 Å². The monoisotopic (exact) mass is 583 g/mol. The van der Waals surface area contributed by atoms with Crippen LogP contribution in [-0.2, 0) is 14.4 Å². The Hall–Kier alpha value is -3.14. The number of unbranched alkanes of at least 4 members (excludes halogenated alkanes) is 1. The molecule has 1 saturated carbocycles. The Labute approximate surface area is 250 Å². The first-order valence-electron chi connectivity index (χ1n) is 15.9. The minimum atomic E-state index is -0.989. The van der Waals surface area contributed by atoms with Crippen molar-refractivity contribution in [2.45, 2.75) is 102 Å². The molecule has 4 rings (SSSR count). The average molecular weight is 584 g/mol. The predicted molar refractivity (Wildman–Crippen MR) is 161 cm³/mol. The normalized spacial score (nSPS) is 24.0. The maximum absolute atomic E-state index is 13.7. The number of rotatable bonds is 7. The SMILES string of the molecule is CC(C)[C@H]1COc2ccccc2C(=O)N[C@H](C(=O)NCCCCN2CCCC2)CCC(=O)NC2(CCCCC2)C(=O)N1. The highest BCUT2D eigenvalue weighted by Crippen LogP contribution is 2.29. The first-order chi connectivity index (χ1) is 20.3. The van der Waals surface area contributed by atoms with Crippen LogP contribution in [0.2, 0.25) is 0 Å². The van der Waals surface area contributed by atoms with Gasteiger partial charge in [0, 0.05) is 13.0 Å². The van der Waals surface area contributed by atoms with Crippen LogP contribution in [0.3, 0.4) is 0 Å². The Morgan fingerprint density at radius 1 is 1.02 bits per heavy atom. The van der Waals surface area contributed by atoms with Crippen LogP contribution in [-0.4, -0.2) is 78.9 Å². The topological polar surface area (TPSA) is 129 Å². The molecule has 1 aliphatic carbocycles. The Balaban J connectivity index is 1.50. The molecule has 4 amide bonds. The summed E-state index contributed by atoms with van der Waals surface area (Å²) in [6.07, 6.45) is 8.32. The number of hydrogen-bond donors (Lipinski definition) is 4. The lowest BCUT2D eigenvalue weighted by molar-refractivity contribution is -0.136. The van der Waals surface area contributed by atoms with E-state index in [2.05, 4.69) is 26.2 Å². The fraction of sp³-hybridized carbons (Fsp3) is 0.688. The molecular formula is C32H49N5O5. The molecule has 0 unspecified atom stereocenters. The third-order valence-electron chi connectivity index (χ3n) is 8.87. The first-order valence-corrected chi connectivity index (χ1v) is 15.9. The largest absolute Gasteiger partial charge is 0.491 e. The zero-order valence-corrected chi connectivity index (χ0v) is 25.3. The number of nitrogens with zero attached hydrogens (tertiary/aromatic N) is 1. The summed E-state index contributed by atoms with van der Waals surface area (Å²) in [5, 5.41) is 12.0. The molecule has 1 saturated heterocycles. The highest BCUT2D eigenvalue weighted by molar-refractivity contribution is 6.00. The molecular weight excluding hydrogens is 534 g/mol. The second-order valence-corrected chi connectivity index (χ2v) is 12.4. The quantitative estimate of drug-likeness (QED) is 0.366. The van der Waals surface area contributed by atoms with E-state index >= 15 is 0 Å². The summed E-state index contributed by atoms with van der Waals surface area (Å²) in [4.78, 5) is 56.1. The van der Waals surface area contributed by atoms with Gasteiger partial charge >= 0.3 is 0 Å². The summed E-state index contributed by atoms with van der Waals surface area (Å²) in [6, 6.07) is 5.68. The maximum Gasteiger partial charge on any atom is 0.255 e. The lowest BCUT2D eigenvalue weighted by Gasteiger charge is -2.38. The molecule has 0 radical (unpaired) electrons. The van der Waals surface area contributed by atoms with Crippen molar-refractivity contribution in [2.75, 3.05) is 32.8 Å². The van der Waals surface area contributed by atoms with E-state index in [9.17, 15) is 19.2 Å². The third-order valence-corrected chi connectivity index (χ3v) is 8.87. The van der Waals surface area contributed by atoms with E-state index in [0.29, 0.717) is 30.7 Å². The highest BCUT2D eigenvalue weighted by atomic mass is 16.5. The molecule has 3 aliphatic rings. The van der Waals surface area contributed by atoms with Crippen molar-refractivity contribution in [2.24, 2.45) is 5.92 Å². The standard InChI is InChI=1S/C32H49N5O5/c1-23(2)26-22-42-27-13-5-4-12-24(27)29(39)34-25(30(40)33-18-8-9-19-37-20-10-11-21-37)14-15-28(38)36-32(31(41)35-26)16-6-3-7-17-32/h4-5,12-13,23,25-26H,3,6-11,14-22H2,1-2H3,(H,33,40)(H,34,39)(H,35,41)(H,36,38)/t25-,26+/m0/s1. The average Bonchev–Trinajstić information content (AvgIpc) is 3.50. The number of fused-ring (bicyclic) bond motifs is 1. The number of para-hydroxylation sites is 1. The number of likely N-dealkylation sites (tertiary alicyclic amines) is 1. The van der Waals surface area contributed by atoms with Crippen LogP contribution < -0.4 is 26.0 Å². The number of nitrogens with one attached hydrogen (secondary N) is 4. The van der Waals surface area contributed by atoms with Crippen LogP contribution in [0.1, 0.15) is 94.8 Å². The molecule has 232 valence electrons. The van der Waals surface area contributed by atoms with E-state index < -0.39 is 17.5 Å². The summed E-state index contributed by atoms with van der Waals surface area (Å²) in [5.41, 5.74) is -0.686. The van der Waals surface area contributed by atoms with Gasteiger partial charge in [0.15, 0.2) is 0 Å². The molecule has 42 heavy (non-hydrogen) atoms. The number of amides is 4. The molecule has 0 bridgehead atoms. The minimum Gasteiger partial charge on any atom is -0.491 e. The fourth-order valence-electron chi connectivity index (χ4n) is 6.14. The van der Waals surface area contributed by atoms with Crippen molar-refractivity contribution >= 4 is 23.6 Å². The Kier molecular flexibility index (Phi) is 11.6. The Morgan fingerprint density at radius 3 is 2.50 bits per heavy atom. The third kappa shape index (κ3) is 8.69. The van der Waals surface area contributed by atoms with E-state index in [4.69, 9.17) is 4.74 Å². The summed E-state index contributed by atoms with van der Waals surface area (Å²) < 4.78 is 6.12. The number of carbonyl (C=O) groups excluding carboxylic acids is 4. The molecule has 2 aliphatic heterocycles. The summed E-state index contributed by atoms with van der Waals surface area (Å²) in [6.45, 7) is 8.00. The summed E-state index contributed by atoms with van der Waals surface area (Å²) >= 11 is 0. The second-order valence-electron chi connectivity index (χ2n) is 12.4. The molecule has 1 spiro atoms. The van der Waals surface area contributed by atoms with Crippen LogP contribution in [0.5, 0.6) is 5.75 Å². The van der Waals surface area contributed by atoms with Crippen molar-refractivity contribution < 1.29 is 23.9 Å². The molecule has 2 fully saturated rings. The first kappa shape index (κ1) is 31.8. The molecule has 0 aromatic heterocycles. The van der Waals surface area contributed by atoms with E-state index in [1.54, 1.807) is 24.3 Å². The van der Waals surface area contributed by atoms with Gasteiger partial charge in [-0.1, -0.05) is 45.2 Å². The number of ether oxygens (including phenoxy) is 1. The summed E-state index contributed by atoms with van der Waals surface area (Å²) in [7, 11) is 0. The van der Waals surface area contributed by atoms with Gasteiger partial charge in [-0.25, -0.2) is 0 Å². The number of hydrogen-bond acceptors (Lipinski definition) is 6. The molecule has 10 nitrogen and oxygen atoms in total. The zero-order valence-electron chi connectivity index (χ0n) is 25.3. The van der Waals surface area contributed by atoms with Crippen LogP contribution in [0.15, 0.2) is 24.3 Å². The number of benzene rings is 1. The zero-order chi connectivity index (χ0) is 30.0. The van der Waals surface area contributed by atoms with Gasteiger partial charge in [0.2, 0.25) is 17.7 Å². The van der Waals surface area contributed by atoms with Gasteiger partial charge in [-0.15, -0.1) is 0 Å². The minimum absolute atomic E-state index is 0.00805. The fourth-order valence-corrected chi connectivity index (χ4v) is 6.14. The van der Waals surface area contributed by atoms with Crippen LogP contribution >= 0.6 is 0 Å². The lowest BCUT2D eigenvalue weighted by Crippen LogP contribution is -2.62. The van der Waals surface area contributed by atoms with Gasteiger partial charge in [-0.05, 0) is 82.6 Å². The van der Waals surface area contributed by atoms with Gasteiger partial charge < -0.3 is 30.9 Å². The highest BCUT2D eigenvalue weighted by Gasteiger charge is 2.42. The smallest absolute Gasteiger partial charge is 0.255 e. The predicted octanol–water partition coefficient (Wildman–Crippen LogP) is 2.91. The second kappa shape index (κ2) is 15.4. The summed E-state index contributed by atoms with van der Waals surface area (Å²) in [5.74, 6) is -0.803. The molecule has 2 heterocycles.